The van der Waals surface area contributed by atoms with Crippen molar-refractivity contribution in [3.63, 3.8) is 0 Å². The average molecular weight is 437 g/mol. The van der Waals surface area contributed by atoms with Crippen LogP contribution in [-0.4, -0.2) is 71.2 Å². The smallest absolute Gasteiger partial charge is 0.256 e. The molecule has 1 aromatic carbocycles. The highest BCUT2D eigenvalue weighted by Gasteiger charge is 2.47. The van der Waals surface area contributed by atoms with Crippen LogP contribution in [0.3, 0.4) is 0 Å². The fourth-order valence-electron chi connectivity index (χ4n) is 3.74. The molecule has 1 saturated heterocycles. The van der Waals surface area contributed by atoms with E-state index in [1.165, 1.54) is 6.33 Å². The third-order valence-electron chi connectivity index (χ3n) is 5.20. The van der Waals surface area contributed by atoms with Crippen molar-refractivity contribution in [2.75, 3.05) is 32.8 Å². The van der Waals surface area contributed by atoms with Crippen molar-refractivity contribution in [1.29, 1.82) is 0 Å². The molecular formula is C22H23N5O5. The van der Waals surface area contributed by atoms with Gasteiger partial charge in [-0.3, -0.25) is 9.36 Å². The minimum atomic E-state index is -0.582. The van der Waals surface area contributed by atoms with Crippen LogP contribution >= 0.6 is 0 Å². The Morgan fingerprint density at radius 2 is 1.97 bits per heavy atom. The Balaban J connectivity index is 1.61. The topological polar surface area (TPSA) is 110 Å². The quantitative estimate of drug-likeness (QED) is 0.419. The summed E-state index contributed by atoms with van der Waals surface area (Å²) in [6, 6.07) is 8.85. The van der Waals surface area contributed by atoms with Gasteiger partial charge < -0.3 is 24.3 Å². The zero-order chi connectivity index (χ0) is 22.5. The minimum absolute atomic E-state index is 0.171. The van der Waals surface area contributed by atoms with Gasteiger partial charge in [-0.2, -0.15) is 0 Å². The molecule has 0 saturated carbocycles. The number of fused-ring (bicyclic) bond motifs is 1. The average Bonchev–Trinajstić information content (AvgIpc) is 3.41. The lowest BCUT2D eigenvalue weighted by molar-refractivity contribution is -0.0667. The molecule has 2 aromatic heterocycles. The number of hydrogen-bond donors (Lipinski definition) is 1. The second kappa shape index (κ2) is 9.84. The van der Waals surface area contributed by atoms with Crippen LogP contribution in [0, 0.1) is 12.3 Å². The largest absolute Gasteiger partial charge is 0.376 e. The molecular weight excluding hydrogens is 414 g/mol. The number of aromatic nitrogens is 4. The SMILES string of the molecule is C#CCOC[C@H]1O[C@@H](n2cnc3c(NC(=O)c4ccccc4)ncnc32)C(OC)C1OC. The number of carbonyl (C=O) groups excluding carboxylic acids is 1. The summed E-state index contributed by atoms with van der Waals surface area (Å²) in [4.78, 5) is 25.5. The van der Waals surface area contributed by atoms with Gasteiger partial charge in [0.15, 0.2) is 23.2 Å². The summed E-state index contributed by atoms with van der Waals surface area (Å²) in [7, 11) is 3.17. The number of anilines is 1. The van der Waals surface area contributed by atoms with E-state index in [2.05, 4.69) is 26.2 Å². The molecule has 166 valence electrons. The van der Waals surface area contributed by atoms with E-state index in [9.17, 15) is 4.79 Å². The van der Waals surface area contributed by atoms with Crippen molar-refractivity contribution >= 4 is 22.9 Å². The molecule has 1 aliphatic rings. The number of rotatable bonds is 8. The number of imidazole rings is 1. The molecule has 0 spiro atoms. The van der Waals surface area contributed by atoms with Crippen molar-refractivity contribution in [2.45, 2.75) is 24.5 Å². The molecule has 10 nitrogen and oxygen atoms in total. The van der Waals surface area contributed by atoms with Crippen LogP contribution in [0.15, 0.2) is 43.0 Å². The summed E-state index contributed by atoms with van der Waals surface area (Å²) in [6.07, 6.45) is 6.37. The first-order valence-corrected chi connectivity index (χ1v) is 9.94. The van der Waals surface area contributed by atoms with Gasteiger partial charge in [-0.25, -0.2) is 15.0 Å². The summed E-state index contributed by atoms with van der Waals surface area (Å²) in [5, 5.41) is 2.79. The molecule has 1 fully saturated rings. The number of nitrogens with one attached hydrogen (secondary N) is 1. The van der Waals surface area contributed by atoms with Gasteiger partial charge in [0.05, 0.1) is 12.9 Å². The fourth-order valence-corrected chi connectivity index (χ4v) is 3.74. The van der Waals surface area contributed by atoms with Gasteiger partial charge in [0.1, 0.15) is 31.2 Å². The summed E-state index contributed by atoms with van der Waals surface area (Å²) in [5.74, 6) is 2.43. The fraction of sp³-hybridized carbons (Fsp3) is 0.364. The molecule has 32 heavy (non-hydrogen) atoms. The first-order valence-electron chi connectivity index (χ1n) is 9.94. The predicted molar refractivity (Wildman–Crippen MR) is 115 cm³/mol. The van der Waals surface area contributed by atoms with Gasteiger partial charge in [-0.05, 0) is 12.1 Å². The Morgan fingerprint density at radius 1 is 1.19 bits per heavy atom. The number of terminal acetylenes is 1. The maximum atomic E-state index is 12.6. The highest BCUT2D eigenvalue weighted by atomic mass is 16.6. The van der Waals surface area contributed by atoms with Gasteiger partial charge in [0.2, 0.25) is 0 Å². The zero-order valence-corrected chi connectivity index (χ0v) is 17.7. The monoisotopic (exact) mass is 437 g/mol. The Hall–Kier alpha value is -3.36. The van der Waals surface area contributed by atoms with Crippen molar-refractivity contribution in [2.24, 2.45) is 0 Å². The number of amides is 1. The van der Waals surface area contributed by atoms with Crippen molar-refractivity contribution < 1.29 is 23.7 Å². The Labute approximate surface area is 184 Å². The van der Waals surface area contributed by atoms with E-state index >= 15 is 0 Å². The van der Waals surface area contributed by atoms with Crippen molar-refractivity contribution in [1.82, 2.24) is 19.5 Å². The van der Waals surface area contributed by atoms with E-state index in [0.717, 1.165) is 0 Å². The van der Waals surface area contributed by atoms with Crippen LogP contribution < -0.4 is 5.32 Å². The molecule has 4 atom stereocenters. The molecule has 3 heterocycles. The zero-order valence-electron chi connectivity index (χ0n) is 17.7. The van der Waals surface area contributed by atoms with Crippen molar-refractivity contribution in [3.8, 4) is 12.3 Å². The highest BCUT2D eigenvalue weighted by molar-refractivity contribution is 6.06. The van der Waals surface area contributed by atoms with Crippen LogP contribution in [-0.2, 0) is 18.9 Å². The summed E-state index contributed by atoms with van der Waals surface area (Å²) in [6.45, 7) is 0.420. The van der Waals surface area contributed by atoms with Crippen LogP contribution in [0.2, 0.25) is 0 Å². The second-order valence-electron chi connectivity index (χ2n) is 7.05. The third-order valence-corrected chi connectivity index (χ3v) is 5.20. The Kier molecular flexibility index (Phi) is 6.72. The number of methoxy groups -OCH3 is 2. The van der Waals surface area contributed by atoms with Gasteiger partial charge in [-0.1, -0.05) is 24.1 Å². The summed E-state index contributed by atoms with van der Waals surface area (Å²) in [5.41, 5.74) is 1.42. The molecule has 3 aromatic rings. The first-order chi connectivity index (χ1) is 15.7. The van der Waals surface area contributed by atoms with Crippen LogP contribution in [0.25, 0.3) is 11.2 Å². The lowest BCUT2D eigenvalue weighted by atomic mass is 10.1. The maximum absolute atomic E-state index is 12.6. The van der Waals surface area contributed by atoms with Crippen LogP contribution in [0.5, 0.6) is 0 Å². The summed E-state index contributed by atoms with van der Waals surface area (Å²) < 4.78 is 24.7. The highest BCUT2D eigenvalue weighted by Crippen LogP contribution is 2.35. The third kappa shape index (κ3) is 4.19. The number of benzene rings is 1. The van der Waals surface area contributed by atoms with Crippen LogP contribution in [0.4, 0.5) is 5.82 Å². The van der Waals surface area contributed by atoms with Crippen LogP contribution in [0.1, 0.15) is 16.6 Å². The van der Waals surface area contributed by atoms with Gasteiger partial charge in [0, 0.05) is 19.8 Å². The standard InChI is InChI=1S/C22H23N5O5/c1-4-10-31-11-15-17(29-2)18(30-3)22(32-15)27-13-25-16-19(23-12-24-20(16)27)26-21(28)14-8-6-5-7-9-14/h1,5-9,12-13,15,17-18,22H,10-11H2,2-3H3,(H,23,24,26,28)/t15-,17?,18?,22-/m1/s1. The predicted octanol–water partition coefficient (Wildman–Crippen LogP) is 1.66. The molecule has 1 N–H and O–H groups in total. The number of ether oxygens (including phenoxy) is 4. The second-order valence-corrected chi connectivity index (χ2v) is 7.05. The molecule has 0 radical (unpaired) electrons. The molecule has 10 heteroatoms. The van der Waals surface area contributed by atoms with E-state index in [4.69, 9.17) is 25.4 Å². The number of carbonyl (C=O) groups is 1. The molecule has 4 rings (SSSR count). The lowest BCUT2D eigenvalue weighted by Gasteiger charge is -2.22. The van der Waals surface area contributed by atoms with E-state index in [1.54, 1.807) is 49.4 Å². The van der Waals surface area contributed by atoms with E-state index < -0.39 is 18.4 Å². The molecule has 0 bridgehead atoms. The lowest BCUT2D eigenvalue weighted by Crippen LogP contribution is -2.37. The Morgan fingerprint density at radius 3 is 2.69 bits per heavy atom. The molecule has 0 aliphatic carbocycles. The molecule has 1 amide bonds. The minimum Gasteiger partial charge on any atom is -0.376 e. The van der Waals surface area contributed by atoms with Gasteiger partial charge in [-0.15, -0.1) is 6.42 Å². The van der Waals surface area contributed by atoms with E-state index in [-0.39, 0.29) is 25.2 Å². The summed E-state index contributed by atoms with van der Waals surface area (Å²) >= 11 is 0. The van der Waals surface area contributed by atoms with E-state index in [0.29, 0.717) is 22.5 Å². The number of hydrogen-bond acceptors (Lipinski definition) is 8. The van der Waals surface area contributed by atoms with Gasteiger partial charge >= 0.3 is 0 Å². The first kappa shape index (κ1) is 21.9. The van der Waals surface area contributed by atoms with Gasteiger partial charge in [0.25, 0.3) is 5.91 Å². The number of nitrogens with zero attached hydrogens (tertiary/aromatic N) is 4. The molecule has 2 unspecified atom stereocenters. The Bertz CT molecular complexity index is 1110. The maximum Gasteiger partial charge on any atom is 0.256 e. The molecule has 1 aliphatic heterocycles. The normalized spacial score (nSPS) is 22.7. The van der Waals surface area contributed by atoms with Crippen molar-refractivity contribution in [3.05, 3.63) is 48.5 Å². The van der Waals surface area contributed by atoms with E-state index in [1.807, 2.05) is 6.07 Å².